The highest BCUT2D eigenvalue weighted by Crippen LogP contribution is 2.50. The van der Waals surface area contributed by atoms with Crippen LogP contribution in [0.15, 0.2) is 18.2 Å². The molecule has 3 fully saturated rings. The Hall–Kier alpha value is -2.11. The standard InChI is InChI=1S/C24H30F5N3O3/c1-21(7-8-21)19(33)35-20(34)22(6-3-9-30-22)23(25,26)17-5-4-16(14-18(17)24(27,28)29)15-32-12-10-31(2)11-13-32/h4-5,14,30H,3,6-13,15H2,1-2H3/t22-/m0/s1. The van der Waals surface area contributed by atoms with Crippen molar-refractivity contribution >= 4 is 11.9 Å². The third kappa shape index (κ3) is 4.95. The number of piperazine rings is 1. The average molecular weight is 504 g/mol. The van der Waals surface area contributed by atoms with Gasteiger partial charge >= 0.3 is 24.0 Å². The van der Waals surface area contributed by atoms with E-state index < -0.39 is 52.5 Å². The van der Waals surface area contributed by atoms with Crippen LogP contribution in [0.5, 0.6) is 0 Å². The molecule has 0 bridgehead atoms. The van der Waals surface area contributed by atoms with Crippen LogP contribution in [0.4, 0.5) is 22.0 Å². The van der Waals surface area contributed by atoms with Gasteiger partial charge < -0.3 is 9.64 Å². The van der Waals surface area contributed by atoms with Gasteiger partial charge in [0.2, 0.25) is 0 Å². The third-order valence-electron chi connectivity index (χ3n) is 7.45. The summed E-state index contributed by atoms with van der Waals surface area (Å²) in [5, 5.41) is 2.39. The first kappa shape index (κ1) is 26.0. The number of carbonyl (C=O) groups is 2. The molecule has 6 nitrogen and oxygen atoms in total. The smallest absolute Gasteiger partial charge is 0.391 e. The van der Waals surface area contributed by atoms with Crippen LogP contribution in [0.3, 0.4) is 0 Å². The molecule has 4 rings (SSSR count). The maximum Gasteiger partial charge on any atom is 0.416 e. The number of nitrogens with one attached hydrogen (secondary N) is 1. The van der Waals surface area contributed by atoms with E-state index in [0.717, 1.165) is 25.2 Å². The summed E-state index contributed by atoms with van der Waals surface area (Å²) in [5.41, 5.74) is -6.20. The molecule has 2 saturated heterocycles. The molecular formula is C24H30F5N3O3. The molecule has 194 valence electrons. The van der Waals surface area contributed by atoms with Crippen LogP contribution in [0.2, 0.25) is 0 Å². The minimum Gasteiger partial charge on any atom is -0.391 e. The summed E-state index contributed by atoms with van der Waals surface area (Å²) in [6.07, 6.45) is -4.48. The summed E-state index contributed by atoms with van der Waals surface area (Å²) >= 11 is 0. The largest absolute Gasteiger partial charge is 0.416 e. The second-order valence-electron chi connectivity index (χ2n) is 10.2. The van der Waals surface area contributed by atoms with Gasteiger partial charge in [0.05, 0.1) is 11.0 Å². The number of ether oxygens (including phenoxy) is 1. The van der Waals surface area contributed by atoms with Crippen molar-refractivity contribution in [2.75, 3.05) is 39.8 Å². The van der Waals surface area contributed by atoms with Crippen molar-refractivity contribution in [2.24, 2.45) is 5.41 Å². The Morgan fingerprint density at radius 1 is 1.00 bits per heavy atom. The van der Waals surface area contributed by atoms with Crippen LogP contribution in [-0.2, 0) is 33.0 Å². The van der Waals surface area contributed by atoms with Crippen LogP contribution in [0.25, 0.3) is 0 Å². The highest BCUT2D eigenvalue weighted by molar-refractivity contribution is 5.95. The topological polar surface area (TPSA) is 61.9 Å². The molecule has 1 atom stereocenters. The molecule has 0 unspecified atom stereocenters. The number of alkyl halides is 5. The quantitative estimate of drug-likeness (QED) is 0.364. The number of carbonyl (C=O) groups excluding carboxylic acids is 2. The molecular weight excluding hydrogens is 473 g/mol. The first-order chi connectivity index (χ1) is 16.3. The third-order valence-corrected chi connectivity index (χ3v) is 7.45. The Morgan fingerprint density at radius 2 is 1.66 bits per heavy atom. The Bertz CT molecular complexity index is 979. The lowest BCUT2D eigenvalue weighted by atomic mass is 9.82. The van der Waals surface area contributed by atoms with Crippen molar-refractivity contribution in [2.45, 2.75) is 56.8 Å². The average Bonchev–Trinajstić information content (AvgIpc) is 3.33. The van der Waals surface area contributed by atoms with Gasteiger partial charge in [0.1, 0.15) is 0 Å². The fourth-order valence-corrected chi connectivity index (χ4v) is 4.69. The highest BCUT2D eigenvalue weighted by Gasteiger charge is 2.65. The van der Waals surface area contributed by atoms with Gasteiger partial charge in [-0.15, -0.1) is 0 Å². The van der Waals surface area contributed by atoms with Gasteiger partial charge in [-0.2, -0.15) is 22.0 Å². The number of halogens is 5. The highest BCUT2D eigenvalue weighted by atomic mass is 19.4. The molecule has 1 aromatic rings. The van der Waals surface area contributed by atoms with Crippen molar-refractivity contribution in [1.29, 1.82) is 0 Å². The number of hydrogen-bond donors (Lipinski definition) is 1. The van der Waals surface area contributed by atoms with E-state index in [4.69, 9.17) is 4.74 Å². The molecule has 1 N–H and O–H groups in total. The van der Waals surface area contributed by atoms with Crippen molar-refractivity contribution in [3.63, 3.8) is 0 Å². The first-order valence-corrected chi connectivity index (χ1v) is 11.8. The molecule has 0 aromatic heterocycles. The second-order valence-corrected chi connectivity index (χ2v) is 10.2. The van der Waals surface area contributed by atoms with Crippen molar-refractivity contribution in [3.05, 3.63) is 34.9 Å². The molecule has 3 aliphatic rings. The van der Waals surface area contributed by atoms with Gasteiger partial charge in [-0.3, -0.25) is 15.0 Å². The number of rotatable bonds is 6. The van der Waals surface area contributed by atoms with E-state index in [-0.39, 0.29) is 25.1 Å². The summed E-state index contributed by atoms with van der Waals surface area (Å²) < 4.78 is 78.8. The van der Waals surface area contributed by atoms with Crippen LogP contribution in [0, 0.1) is 5.41 Å². The van der Waals surface area contributed by atoms with Crippen molar-refractivity contribution < 1.29 is 36.3 Å². The molecule has 35 heavy (non-hydrogen) atoms. The van der Waals surface area contributed by atoms with E-state index in [1.165, 1.54) is 6.07 Å². The monoisotopic (exact) mass is 503 g/mol. The number of hydrogen-bond acceptors (Lipinski definition) is 6. The summed E-state index contributed by atoms with van der Waals surface area (Å²) in [5.74, 6) is -6.74. The minimum absolute atomic E-state index is 0.0149. The Labute approximate surface area is 200 Å². The molecule has 2 aliphatic heterocycles. The summed E-state index contributed by atoms with van der Waals surface area (Å²) in [6.45, 7) is 4.56. The molecule has 0 amide bonds. The SMILES string of the molecule is CN1CCN(Cc2ccc(C(F)(F)[C@@]3(C(=O)OC(=O)C4(C)CC4)CCCN3)c(C(F)(F)F)c2)CC1. The Kier molecular flexibility index (Phi) is 6.74. The van der Waals surface area contributed by atoms with E-state index >= 15 is 8.78 Å². The predicted octanol–water partition coefficient (Wildman–Crippen LogP) is 3.54. The zero-order valence-corrected chi connectivity index (χ0v) is 19.8. The maximum absolute atomic E-state index is 16.0. The zero-order valence-electron chi connectivity index (χ0n) is 19.8. The lowest BCUT2D eigenvalue weighted by Crippen LogP contribution is -2.60. The van der Waals surface area contributed by atoms with Crippen LogP contribution in [0.1, 0.15) is 49.3 Å². The van der Waals surface area contributed by atoms with Crippen molar-refractivity contribution in [1.82, 2.24) is 15.1 Å². The van der Waals surface area contributed by atoms with E-state index in [9.17, 15) is 22.8 Å². The summed E-state index contributed by atoms with van der Waals surface area (Å²) in [7, 11) is 1.95. The van der Waals surface area contributed by atoms with Gasteiger partial charge in [0.15, 0.2) is 5.54 Å². The number of benzene rings is 1. The van der Waals surface area contributed by atoms with Gasteiger partial charge in [-0.05, 0) is 57.8 Å². The fourth-order valence-electron chi connectivity index (χ4n) is 4.69. The van der Waals surface area contributed by atoms with Gasteiger partial charge in [0, 0.05) is 38.3 Å². The molecule has 0 spiro atoms. The van der Waals surface area contributed by atoms with Gasteiger partial charge in [-0.25, -0.2) is 4.79 Å². The van der Waals surface area contributed by atoms with E-state index in [1.807, 2.05) is 11.9 Å². The first-order valence-electron chi connectivity index (χ1n) is 11.8. The number of likely N-dealkylation sites (N-methyl/N-ethyl adjacent to an activating group) is 1. The Morgan fingerprint density at radius 3 is 2.20 bits per heavy atom. The predicted molar refractivity (Wildman–Crippen MR) is 117 cm³/mol. The van der Waals surface area contributed by atoms with Gasteiger partial charge in [-0.1, -0.05) is 12.1 Å². The van der Waals surface area contributed by atoms with E-state index in [2.05, 4.69) is 10.2 Å². The summed E-state index contributed by atoms with van der Waals surface area (Å²) in [6, 6.07) is 2.75. The van der Waals surface area contributed by atoms with Crippen molar-refractivity contribution in [3.8, 4) is 0 Å². The summed E-state index contributed by atoms with van der Waals surface area (Å²) in [4.78, 5) is 29.3. The van der Waals surface area contributed by atoms with Crippen LogP contribution in [-0.4, -0.2) is 67.0 Å². The number of esters is 2. The molecule has 1 aromatic carbocycles. The fraction of sp³-hybridized carbons (Fsp3) is 0.667. The molecule has 0 radical (unpaired) electrons. The normalized spacial score (nSPS) is 25.5. The van der Waals surface area contributed by atoms with Gasteiger partial charge in [0.25, 0.3) is 0 Å². The molecule has 2 heterocycles. The number of nitrogens with zero attached hydrogens (tertiary/aromatic N) is 2. The molecule has 1 saturated carbocycles. The lowest BCUT2D eigenvalue weighted by molar-refractivity contribution is -0.183. The maximum atomic E-state index is 16.0. The lowest BCUT2D eigenvalue weighted by Gasteiger charge is -2.36. The Balaban J connectivity index is 1.66. The molecule has 11 heteroatoms. The van der Waals surface area contributed by atoms with Crippen LogP contribution >= 0.6 is 0 Å². The second kappa shape index (κ2) is 9.08. The minimum atomic E-state index is -5.07. The van der Waals surface area contributed by atoms with E-state index in [1.54, 1.807) is 6.92 Å². The molecule has 1 aliphatic carbocycles. The van der Waals surface area contributed by atoms with Crippen LogP contribution < -0.4 is 5.32 Å². The van der Waals surface area contributed by atoms with E-state index in [0.29, 0.717) is 25.9 Å². The zero-order chi connectivity index (χ0) is 25.6.